The molecule has 0 saturated heterocycles. The highest BCUT2D eigenvalue weighted by Crippen LogP contribution is 2.21. The maximum Gasteiger partial charge on any atom is 0.237 e. The minimum absolute atomic E-state index is 0.0935. The summed E-state index contributed by atoms with van der Waals surface area (Å²) in [5.41, 5.74) is 3.45. The van der Waals surface area contributed by atoms with Gasteiger partial charge in [0.15, 0.2) is 5.16 Å². The number of methoxy groups -OCH3 is 1. The van der Waals surface area contributed by atoms with Gasteiger partial charge in [-0.1, -0.05) is 11.8 Å². The average Bonchev–Trinajstić information content (AvgIpc) is 2.54. The first-order chi connectivity index (χ1) is 11.0. The molecule has 0 spiro atoms. The molecule has 1 amide bonds. The van der Waals surface area contributed by atoms with Crippen LogP contribution in [0.15, 0.2) is 23.5 Å². The zero-order valence-corrected chi connectivity index (χ0v) is 14.5. The van der Waals surface area contributed by atoms with Crippen LogP contribution >= 0.6 is 11.8 Å². The lowest BCUT2D eigenvalue weighted by Gasteiger charge is -2.11. The fourth-order valence-electron chi connectivity index (χ4n) is 2.26. The maximum absolute atomic E-state index is 12.2. The van der Waals surface area contributed by atoms with Crippen LogP contribution < -0.4 is 10.1 Å². The number of amides is 1. The Morgan fingerprint density at radius 1 is 1.30 bits per heavy atom. The van der Waals surface area contributed by atoms with Crippen LogP contribution in [0.2, 0.25) is 0 Å². The van der Waals surface area contributed by atoms with E-state index in [1.165, 1.54) is 18.9 Å². The maximum atomic E-state index is 12.2. The minimum Gasteiger partial charge on any atom is -0.480 e. The van der Waals surface area contributed by atoms with Gasteiger partial charge < -0.3 is 10.1 Å². The van der Waals surface area contributed by atoms with E-state index in [1.807, 2.05) is 20.1 Å². The molecular weight excluding hydrogens is 312 g/mol. The number of nitrogens with zero attached hydrogens (tertiary/aromatic N) is 3. The number of carbonyl (C=O) groups is 1. The van der Waals surface area contributed by atoms with E-state index < -0.39 is 0 Å². The van der Waals surface area contributed by atoms with E-state index in [1.54, 1.807) is 18.3 Å². The number of anilines is 1. The van der Waals surface area contributed by atoms with E-state index in [0.29, 0.717) is 24.4 Å². The molecule has 0 aliphatic rings. The van der Waals surface area contributed by atoms with Crippen LogP contribution in [-0.4, -0.2) is 34.2 Å². The van der Waals surface area contributed by atoms with Gasteiger partial charge in [0.25, 0.3) is 0 Å². The van der Waals surface area contributed by atoms with Crippen molar-refractivity contribution in [1.82, 2.24) is 15.0 Å². The summed E-state index contributed by atoms with van der Waals surface area (Å²) >= 11 is 1.51. The molecule has 2 aromatic rings. The molecule has 7 heteroatoms. The molecule has 23 heavy (non-hydrogen) atoms. The molecule has 0 atom stereocenters. The number of hydrogen-bond acceptors (Lipinski definition) is 6. The third-order valence-corrected chi connectivity index (χ3v) is 3.97. The normalized spacial score (nSPS) is 10.4. The standard InChI is InChI=1S/C16H20N4O2S/c1-10-12(11(2)19-16(18-10)23-4)7-8-14(21)20-13-6-5-9-17-15(13)22-3/h5-6,9H,7-8H2,1-4H3,(H,20,21). The third kappa shape index (κ3) is 4.41. The average molecular weight is 332 g/mol. The number of rotatable bonds is 6. The molecule has 0 saturated carbocycles. The van der Waals surface area contributed by atoms with E-state index in [4.69, 9.17) is 4.74 Å². The summed E-state index contributed by atoms with van der Waals surface area (Å²) in [6, 6.07) is 3.51. The number of aromatic nitrogens is 3. The van der Waals surface area contributed by atoms with Gasteiger partial charge in [0.1, 0.15) is 5.69 Å². The summed E-state index contributed by atoms with van der Waals surface area (Å²) in [6.45, 7) is 3.90. The number of hydrogen-bond donors (Lipinski definition) is 1. The zero-order valence-electron chi connectivity index (χ0n) is 13.7. The molecule has 122 valence electrons. The number of ether oxygens (including phenoxy) is 1. The van der Waals surface area contributed by atoms with Gasteiger partial charge in [-0.05, 0) is 44.2 Å². The lowest BCUT2D eigenvalue weighted by Crippen LogP contribution is -2.14. The summed E-state index contributed by atoms with van der Waals surface area (Å²) in [5.74, 6) is 0.310. The molecule has 1 N–H and O–H groups in total. The Morgan fingerprint density at radius 3 is 2.61 bits per heavy atom. The Hall–Kier alpha value is -2.15. The minimum atomic E-state index is -0.0935. The van der Waals surface area contributed by atoms with Gasteiger partial charge in [0.2, 0.25) is 11.8 Å². The highest BCUT2D eigenvalue weighted by molar-refractivity contribution is 7.98. The number of pyridine rings is 1. The number of thioether (sulfide) groups is 1. The van der Waals surface area contributed by atoms with Crippen molar-refractivity contribution in [3.63, 3.8) is 0 Å². The second-order valence-corrected chi connectivity index (χ2v) is 5.74. The SMILES string of the molecule is COc1ncccc1NC(=O)CCc1c(C)nc(SC)nc1C. The van der Waals surface area contributed by atoms with Crippen molar-refractivity contribution in [2.75, 3.05) is 18.7 Å². The summed E-state index contributed by atoms with van der Waals surface area (Å²) in [6.07, 6.45) is 4.51. The van der Waals surface area contributed by atoms with Crippen LogP contribution in [-0.2, 0) is 11.2 Å². The lowest BCUT2D eigenvalue weighted by atomic mass is 10.1. The van der Waals surface area contributed by atoms with Gasteiger partial charge in [-0.25, -0.2) is 15.0 Å². The molecule has 0 unspecified atom stereocenters. The molecule has 0 radical (unpaired) electrons. The van der Waals surface area contributed by atoms with Gasteiger partial charge in [0, 0.05) is 24.0 Å². The number of aryl methyl sites for hydroxylation is 2. The molecule has 2 heterocycles. The van der Waals surface area contributed by atoms with E-state index in [-0.39, 0.29) is 5.91 Å². The predicted molar refractivity (Wildman–Crippen MR) is 91.0 cm³/mol. The Bertz CT molecular complexity index is 683. The van der Waals surface area contributed by atoms with Gasteiger partial charge in [0.05, 0.1) is 7.11 Å². The molecular formula is C16H20N4O2S. The van der Waals surface area contributed by atoms with E-state index in [9.17, 15) is 4.79 Å². The highest BCUT2D eigenvalue weighted by atomic mass is 32.2. The zero-order chi connectivity index (χ0) is 16.8. The fourth-order valence-corrected chi connectivity index (χ4v) is 2.72. The first kappa shape index (κ1) is 17.2. The molecule has 0 bridgehead atoms. The lowest BCUT2D eigenvalue weighted by molar-refractivity contribution is -0.116. The first-order valence-electron chi connectivity index (χ1n) is 7.22. The van der Waals surface area contributed by atoms with Gasteiger partial charge in [-0.15, -0.1) is 0 Å². The number of nitrogens with one attached hydrogen (secondary N) is 1. The topological polar surface area (TPSA) is 77.0 Å². The predicted octanol–water partition coefficient (Wildman–Crippen LogP) is 2.79. The van der Waals surface area contributed by atoms with E-state index in [2.05, 4.69) is 20.3 Å². The molecule has 2 aromatic heterocycles. The van der Waals surface area contributed by atoms with Crippen LogP contribution in [0.25, 0.3) is 0 Å². The van der Waals surface area contributed by atoms with Crippen LogP contribution in [0.3, 0.4) is 0 Å². The van der Waals surface area contributed by atoms with Crippen LogP contribution in [0.5, 0.6) is 5.88 Å². The van der Waals surface area contributed by atoms with Crippen molar-refractivity contribution in [2.45, 2.75) is 31.8 Å². The monoisotopic (exact) mass is 332 g/mol. The Morgan fingerprint density at radius 2 is 2.00 bits per heavy atom. The summed E-state index contributed by atoms with van der Waals surface area (Å²) in [5, 5.41) is 3.58. The van der Waals surface area contributed by atoms with Crippen molar-refractivity contribution in [3.05, 3.63) is 35.3 Å². The highest BCUT2D eigenvalue weighted by Gasteiger charge is 2.12. The van der Waals surface area contributed by atoms with Gasteiger partial charge in [-0.3, -0.25) is 4.79 Å². The van der Waals surface area contributed by atoms with E-state index in [0.717, 1.165) is 22.1 Å². The smallest absolute Gasteiger partial charge is 0.237 e. The quantitative estimate of drug-likeness (QED) is 0.647. The van der Waals surface area contributed by atoms with Crippen molar-refractivity contribution in [2.24, 2.45) is 0 Å². The van der Waals surface area contributed by atoms with Crippen molar-refractivity contribution < 1.29 is 9.53 Å². The second-order valence-electron chi connectivity index (χ2n) is 4.97. The Kier molecular flexibility index (Phi) is 5.92. The largest absolute Gasteiger partial charge is 0.480 e. The van der Waals surface area contributed by atoms with Crippen LogP contribution in [0, 0.1) is 13.8 Å². The molecule has 0 aliphatic carbocycles. The van der Waals surface area contributed by atoms with Gasteiger partial charge in [-0.2, -0.15) is 0 Å². The Labute approximate surface area is 140 Å². The molecule has 6 nitrogen and oxygen atoms in total. The Balaban J connectivity index is 2.02. The number of carbonyl (C=O) groups excluding carboxylic acids is 1. The van der Waals surface area contributed by atoms with Gasteiger partial charge >= 0.3 is 0 Å². The van der Waals surface area contributed by atoms with E-state index >= 15 is 0 Å². The summed E-state index contributed by atoms with van der Waals surface area (Å²) in [7, 11) is 1.52. The first-order valence-corrected chi connectivity index (χ1v) is 8.44. The van der Waals surface area contributed by atoms with Crippen molar-refractivity contribution in [1.29, 1.82) is 0 Å². The van der Waals surface area contributed by atoms with Crippen molar-refractivity contribution >= 4 is 23.4 Å². The van der Waals surface area contributed by atoms with Crippen LogP contribution in [0.1, 0.15) is 23.4 Å². The third-order valence-electron chi connectivity index (χ3n) is 3.42. The molecule has 0 fully saturated rings. The second kappa shape index (κ2) is 7.92. The summed E-state index contributed by atoms with van der Waals surface area (Å²) < 4.78 is 5.12. The van der Waals surface area contributed by atoms with Crippen LogP contribution in [0.4, 0.5) is 5.69 Å². The summed E-state index contributed by atoms with van der Waals surface area (Å²) in [4.78, 5) is 25.1. The fraction of sp³-hybridized carbons (Fsp3) is 0.375. The van der Waals surface area contributed by atoms with Crippen molar-refractivity contribution in [3.8, 4) is 5.88 Å². The molecule has 2 rings (SSSR count). The molecule has 0 aromatic carbocycles. The molecule has 0 aliphatic heterocycles.